The number of nitrogens with zero attached hydrogens (tertiary/aromatic N) is 2. The summed E-state index contributed by atoms with van der Waals surface area (Å²) in [4.78, 5) is 16.0. The summed E-state index contributed by atoms with van der Waals surface area (Å²) < 4.78 is 24.1. The quantitative estimate of drug-likeness (QED) is 0.779. The van der Waals surface area contributed by atoms with Gasteiger partial charge in [-0.25, -0.2) is 13.4 Å². The summed E-state index contributed by atoms with van der Waals surface area (Å²) in [6.45, 7) is 3.25. The molecular formula is C15H21N3O3S. The van der Waals surface area contributed by atoms with Crippen LogP contribution >= 0.6 is 0 Å². The first kappa shape index (κ1) is 16.5. The van der Waals surface area contributed by atoms with Crippen LogP contribution in [0.25, 0.3) is 11.0 Å². The van der Waals surface area contributed by atoms with E-state index in [2.05, 4.69) is 14.9 Å². The average Bonchev–Trinajstić information content (AvgIpc) is 2.76. The van der Waals surface area contributed by atoms with Gasteiger partial charge in [0.05, 0.1) is 16.8 Å². The van der Waals surface area contributed by atoms with Gasteiger partial charge >= 0.3 is 0 Å². The summed E-state index contributed by atoms with van der Waals surface area (Å²) in [7, 11) is -3.09. The normalized spacial score (nSPS) is 11.7. The Morgan fingerprint density at radius 2 is 2.05 bits per heavy atom. The van der Waals surface area contributed by atoms with Crippen molar-refractivity contribution in [2.75, 3.05) is 18.6 Å². The second-order valence-corrected chi connectivity index (χ2v) is 7.64. The Hall–Kier alpha value is -1.89. The largest absolute Gasteiger partial charge is 0.356 e. The van der Waals surface area contributed by atoms with E-state index >= 15 is 0 Å². The second kappa shape index (κ2) is 6.91. The molecule has 1 amide bonds. The van der Waals surface area contributed by atoms with Gasteiger partial charge in [0.25, 0.3) is 0 Å². The van der Waals surface area contributed by atoms with Crippen LogP contribution in [0.15, 0.2) is 24.3 Å². The summed E-state index contributed by atoms with van der Waals surface area (Å²) in [6.07, 6.45) is 1.92. The van der Waals surface area contributed by atoms with Crippen LogP contribution in [0, 0.1) is 6.92 Å². The van der Waals surface area contributed by atoms with Gasteiger partial charge in [-0.2, -0.15) is 0 Å². The van der Waals surface area contributed by atoms with E-state index < -0.39 is 9.84 Å². The number of hydrogen-bond acceptors (Lipinski definition) is 4. The van der Waals surface area contributed by atoms with Gasteiger partial charge in [0.15, 0.2) is 0 Å². The number of carbonyl (C=O) groups is 1. The molecule has 0 spiro atoms. The maximum absolute atomic E-state index is 11.5. The molecule has 0 aliphatic carbocycles. The SMILES string of the molecule is Cc1nc2ccccc2n1CCCNC(=O)CCS(C)(=O)=O. The highest BCUT2D eigenvalue weighted by atomic mass is 32.2. The molecular weight excluding hydrogens is 302 g/mol. The number of rotatable bonds is 7. The smallest absolute Gasteiger partial charge is 0.221 e. The van der Waals surface area contributed by atoms with Crippen LogP contribution in [0.4, 0.5) is 0 Å². The third-order valence-electron chi connectivity index (χ3n) is 3.43. The molecule has 120 valence electrons. The number of sulfone groups is 1. The number of amides is 1. The van der Waals surface area contributed by atoms with Crippen molar-refractivity contribution in [2.24, 2.45) is 0 Å². The third kappa shape index (κ3) is 4.56. The molecule has 1 aromatic heterocycles. The average molecular weight is 323 g/mol. The van der Waals surface area contributed by atoms with Crippen molar-refractivity contribution in [3.05, 3.63) is 30.1 Å². The predicted molar refractivity (Wildman–Crippen MR) is 86.4 cm³/mol. The van der Waals surface area contributed by atoms with Gasteiger partial charge in [-0.05, 0) is 25.5 Å². The highest BCUT2D eigenvalue weighted by Crippen LogP contribution is 2.15. The molecule has 0 saturated carbocycles. The lowest BCUT2D eigenvalue weighted by atomic mass is 10.3. The Balaban J connectivity index is 1.81. The number of nitrogens with one attached hydrogen (secondary N) is 1. The molecule has 0 aliphatic heterocycles. The number of imidazole rings is 1. The molecule has 0 fully saturated rings. The highest BCUT2D eigenvalue weighted by Gasteiger charge is 2.08. The molecule has 0 radical (unpaired) electrons. The molecule has 1 N–H and O–H groups in total. The van der Waals surface area contributed by atoms with Gasteiger partial charge in [-0.3, -0.25) is 4.79 Å². The number of hydrogen-bond donors (Lipinski definition) is 1. The monoisotopic (exact) mass is 323 g/mol. The maximum atomic E-state index is 11.5. The zero-order valence-corrected chi connectivity index (χ0v) is 13.7. The van der Waals surface area contributed by atoms with Crippen LogP contribution in [0.2, 0.25) is 0 Å². The van der Waals surface area contributed by atoms with Crippen molar-refractivity contribution in [3.8, 4) is 0 Å². The summed E-state index contributed by atoms with van der Waals surface area (Å²) >= 11 is 0. The van der Waals surface area contributed by atoms with E-state index in [0.717, 1.165) is 36.1 Å². The lowest BCUT2D eigenvalue weighted by Gasteiger charge is -2.08. The Morgan fingerprint density at radius 1 is 1.32 bits per heavy atom. The second-order valence-electron chi connectivity index (χ2n) is 5.38. The topological polar surface area (TPSA) is 81.1 Å². The molecule has 2 aromatic rings. The van der Waals surface area contributed by atoms with Crippen molar-refractivity contribution in [1.82, 2.24) is 14.9 Å². The van der Waals surface area contributed by atoms with E-state index in [1.54, 1.807) is 0 Å². The van der Waals surface area contributed by atoms with E-state index in [1.807, 2.05) is 31.2 Å². The molecule has 2 rings (SSSR count). The molecule has 0 saturated heterocycles. The van der Waals surface area contributed by atoms with Crippen LogP contribution in [0.1, 0.15) is 18.7 Å². The Labute approximate surface area is 130 Å². The Bertz CT molecular complexity index is 765. The minimum atomic E-state index is -3.09. The van der Waals surface area contributed by atoms with Gasteiger partial charge in [0.1, 0.15) is 15.7 Å². The molecule has 0 atom stereocenters. The zero-order chi connectivity index (χ0) is 16.2. The van der Waals surface area contributed by atoms with Crippen LogP contribution in [0.3, 0.4) is 0 Å². The lowest BCUT2D eigenvalue weighted by molar-refractivity contribution is -0.120. The molecule has 7 heteroatoms. The Morgan fingerprint density at radius 3 is 2.77 bits per heavy atom. The van der Waals surface area contributed by atoms with Crippen molar-refractivity contribution in [2.45, 2.75) is 26.3 Å². The van der Waals surface area contributed by atoms with Crippen LogP contribution in [-0.4, -0.2) is 42.4 Å². The number of aryl methyl sites for hydroxylation is 2. The Kier molecular flexibility index (Phi) is 5.18. The van der Waals surface area contributed by atoms with Crippen molar-refractivity contribution in [1.29, 1.82) is 0 Å². The van der Waals surface area contributed by atoms with E-state index in [1.165, 1.54) is 0 Å². The van der Waals surface area contributed by atoms with Crippen molar-refractivity contribution >= 4 is 26.8 Å². The summed E-state index contributed by atoms with van der Waals surface area (Å²) in [5.41, 5.74) is 2.06. The number of para-hydroxylation sites is 2. The van der Waals surface area contributed by atoms with Crippen LogP contribution in [-0.2, 0) is 21.2 Å². The summed E-state index contributed by atoms with van der Waals surface area (Å²) in [6, 6.07) is 7.94. The number of aromatic nitrogens is 2. The standard InChI is InChI=1S/C15H21N3O3S/c1-12-17-13-6-3-4-7-14(13)18(12)10-5-9-16-15(19)8-11-22(2,20)21/h3-4,6-7H,5,8-11H2,1-2H3,(H,16,19). The molecule has 0 bridgehead atoms. The fraction of sp³-hybridized carbons (Fsp3) is 0.467. The molecule has 1 aromatic carbocycles. The first-order valence-electron chi connectivity index (χ1n) is 7.23. The van der Waals surface area contributed by atoms with Gasteiger partial charge < -0.3 is 9.88 Å². The van der Waals surface area contributed by atoms with E-state index in [9.17, 15) is 13.2 Å². The van der Waals surface area contributed by atoms with E-state index in [4.69, 9.17) is 0 Å². The molecule has 6 nitrogen and oxygen atoms in total. The minimum Gasteiger partial charge on any atom is -0.356 e. The van der Waals surface area contributed by atoms with Gasteiger partial charge in [0, 0.05) is 25.8 Å². The lowest BCUT2D eigenvalue weighted by Crippen LogP contribution is -2.27. The number of fused-ring (bicyclic) bond motifs is 1. The first-order chi connectivity index (χ1) is 10.4. The highest BCUT2D eigenvalue weighted by molar-refractivity contribution is 7.90. The molecule has 0 aliphatic rings. The third-order valence-corrected chi connectivity index (χ3v) is 4.37. The van der Waals surface area contributed by atoms with Gasteiger partial charge in [0.2, 0.25) is 5.91 Å². The zero-order valence-electron chi connectivity index (χ0n) is 12.9. The summed E-state index contributed by atoms with van der Waals surface area (Å²) in [5.74, 6) is 0.617. The minimum absolute atomic E-state index is 0.0197. The molecule has 22 heavy (non-hydrogen) atoms. The fourth-order valence-electron chi connectivity index (χ4n) is 2.31. The van der Waals surface area contributed by atoms with Gasteiger partial charge in [-0.15, -0.1) is 0 Å². The van der Waals surface area contributed by atoms with E-state index in [-0.39, 0.29) is 18.1 Å². The molecule has 1 heterocycles. The van der Waals surface area contributed by atoms with Crippen molar-refractivity contribution < 1.29 is 13.2 Å². The van der Waals surface area contributed by atoms with Gasteiger partial charge in [-0.1, -0.05) is 12.1 Å². The van der Waals surface area contributed by atoms with Crippen LogP contribution in [0.5, 0.6) is 0 Å². The predicted octanol–water partition coefficient (Wildman–Crippen LogP) is 1.29. The first-order valence-corrected chi connectivity index (χ1v) is 9.29. The van der Waals surface area contributed by atoms with Crippen molar-refractivity contribution in [3.63, 3.8) is 0 Å². The number of benzene rings is 1. The summed E-state index contributed by atoms with van der Waals surface area (Å²) in [5, 5.41) is 2.75. The maximum Gasteiger partial charge on any atom is 0.221 e. The molecule has 0 unspecified atom stereocenters. The fourth-order valence-corrected chi connectivity index (χ4v) is 2.87. The number of carbonyl (C=O) groups excluding carboxylic acids is 1. The van der Waals surface area contributed by atoms with E-state index in [0.29, 0.717) is 6.54 Å². The van der Waals surface area contributed by atoms with Crippen LogP contribution < -0.4 is 5.32 Å².